The lowest BCUT2D eigenvalue weighted by atomic mass is 10.0. The summed E-state index contributed by atoms with van der Waals surface area (Å²) in [4.78, 5) is 17.2. The molecule has 0 heterocycles. The van der Waals surface area contributed by atoms with Crippen molar-refractivity contribution in [2.45, 2.75) is 78.1 Å². The number of unbranched alkanes of at least 4 members (excludes halogenated alkanes) is 8. The maximum Gasteiger partial charge on any atom is 0.469 e. The Hall–Kier alpha value is 0.110. The van der Waals surface area contributed by atoms with E-state index in [9.17, 15) is 4.57 Å². The molecule has 0 spiro atoms. The van der Waals surface area contributed by atoms with Gasteiger partial charge in [-0.3, -0.25) is 4.52 Å². The zero-order valence-electron chi connectivity index (χ0n) is 12.5. The topological polar surface area (TPSA) is 66.8 Å². The van der Waals surface area contributed by atoms with Gasteiger partial charge in [-0.05, 0) is 12.3 Å². The predicted molar refractivity (Wildman–Crippen MR) is 79.0 cm³/mol. The van der Waals surface area contributed by atoms with E-state index in [0.29, 0.717) is 0 Å². The van der Waals surface area contributed by atoms with Crippen molar-refractivity contribution in [3.05, 3.63) is 0 Å². The standard InChI is InChI=1S/C14H31O4P/c1-3-4-5-6-7-8-9-10-11-12-14(2)13-18-19(15,16)17/h14H,3-13H2,1-2H3,(H2,15,16,17). The molecule has 0 aromatic carbocycles. The molecule has 2 N–H and O–H groups in total. The molecule has 0 amide bonds. The second-order valence-electron chi connectivity index (χ2n) is 5.51. The van der Waals surface area contributed by atoms with Gasteiger partial charge in [-0.1, -0.05) is 71.6 Å². The largest absolute Gasteiger partial charge is 0.469 e. The van der Waals surface area contributed by atoms with E-state index in [1.807, 2.05) is 6.92 Å². The molecular weight excluding hydrogens is 263 g/mol. The second-order valence-corrected chi connectivity index (χ2v) is 6.75. The third kappa shape index (κ3) is 16.1. The highest BCUT2D eigenvalue weighted by atomic mass is 31.2. The van der Waals surface area contributed by atoms with Gasteiger partial charge in [0, 0.05) is 0 Å². The van der Waals surface area contributed by atoms with Crippen LogP contribution in [0.5, 0.6) is 0 Å². The molecule has 0 rings (SSSR count). The molecule has 0 bridgehead atoms. The van der Waals surface area contributed by atoms with E-state index in [4.69, 9.17) is 9.79 Å². The Morgan fingerprint density at radius 2 is 1.42 bits per heavy atom. The van der Waals surface area contributed by atoms with Gasteiger partial charge in [0.15, 0.2) is 0 Å². The number of rotatable bonds is 13. The average molecular weight is 294 g/mol. The first kappa shape index (κ1) is 19.1. The summed E-state index contributed by atoms with van der Waals surface area (Å²) in [5, 5.41) is 0. The molecular formula is C14H31O4P. The van der Waals surface area contributed by atoms with Crippen molar-refractivity contribution in [1.29, 1.82) is 0 Å². The van der Waals surface area contributed by atoms with Crippen LogP contribution in [0.1, 0.15) is 78.1 Å². The highest BCUT2D eigenvalue weighted by Gasteiger charge is 2.15. The van der Waals surface area contributed by atoms with Crippen LogP contribution < -0.4 is 0 Å². The second kappa shape index (κ2) is 11.9. The van der Waals surface area contributed by atoms with E-state index < -0.39 is 7.82 Å². The molecule has 0 aliphatic carbocycles. The van der Waals surface area contributed by atoms with Crippen LogP contribution in [0, 0.1) is 5.92 Å². The van der Waals surface area contributed by atoms with Crippen molar-refractivity contribution in [3.63, 3.8) is 0 Å². The van der Waals surface area contributed by atoms with Crippen molar-refractivity contribution in [2.24, 2.45) is 5.92 Å². The van der Waals surface area contributed by atoms with E-state index in [2.05, 4.69) is 11.4 Å². The summed E-state index contributed by atoms with van der Waals surface area (Å²) in [6, 6.07) is 0. The molecule has 0 aromatic rings. The number of phosphoric acid groups is 1. The lowest BCUT2D eigenvalue weighted by Crippen LogP contribution is -2.04. The summed E-state index contributed by atoms with van der Waals surface area (Å²) in [6.45, 7) is 4.36. The van der Waals surface area contributed by atoms with Gasteiger partial charge in [0.25, 0.3) is 0 Å². The fraction of sp³-hybridized carbons (Fsp3) is 1.00. The van der Waals surface area contributed by atoms with Crippen LogP contribution in [0.3, 0.4) is 0 Å². The van der Waals surface area contributed by atoms with Crippen molar-refractivity contribution >= 4 is 7.82 Å². The molecule has 19 heavy (non-hydrogen) atoms. The third-order valence-electron chi connectivity index (χ3n) is 3.33. The summed E-state index contributed by atoms with van der Waals surface area (Å²) in [7, 11) is -4.28. The fourth-order valence-corrected chi connectivity index (χ4v) is 2.56. The normalized spacial score (nSPS) is 13.7. The minimum atomic E-state index is -4.28. The molecule has 0 aromatic heterocycles. The molecule has 0 saturated heterocycles. The summed E-state index contributed by atoms with van der Waals surface area (Å²) in [6.07, 6.45) is 12.6. The Balaban J connectivity index is 3.23. The number of hydrogen-bond acceptors (Lipinski definition) is 2. The summed E-state index contributed by atoms with van der Waals surface area (Å²) in [5.74, 6) is 0.220. The minimum absolute atomic E-state index is 0.154. The monoisotopic (exact) mass is 294 g/mol. The summed E-state index contributed by atoms with van der Waals surface area (Å²) < 4.78 is 15.0. The van der Waals surface area contributed by atoms with Crippen LogP contribution in [-0.2, 0) is 9.09 Å². The lowest BCUT2D eigenvalue weighted by molar-refractivity contribution is 0.168. The van der Waals surface area contributed by atoms with Gasteiger partial charge >= 0.3 is 7.82 Å². The fourth-order valence-electron chi connectivity index (χ4n) is 2.11. The van der Waals surface area contributed by atoms with Crippen molar-refractivity contribution in [3.8, 4) is 0 Å². The third-order valence-corrected chi connectivity index (χ3v) is 3.81. The highest BCUT2D eigenvalue weighted by molar-refractivity contribution is 7.46. The van der Waals surface area contributed by atoms with Crippen LogP contribution in [0.25, 0.3) is 0 Å². The maximum atomic E-state index is 10.5. The Labute approximate surface area is 118 Å². The Kier molecular flexibility index (Phi) is 12.0. The minimum Gasteiger partial charge on any atom is -0.303 e. The van der Waals surface area contributed by atoms with Gasteiger partial charge in [0.1, 0.15) is 0 Å². The zero-order chi connectivity index (χ0) is 14.6. The molecule has 116 valence electrons. The van der Waals surface area contributed by atoms with Gasteiger partial charge in [-0.15, -0.1) is 0 Å². The van der Waals surface area contributed by atoms with Crippen LogP contribution in [0.15, 0.2) is 0 Å². The van der Waals surface area contributed by atoms with Gasteiger partial charge in [-0.25, -0.2) is 4.57 Å². The van der Waals surface area contributed by atoms with E-state index in [0.717, 1.165) is 12.8 Å². The van der Waals surface area contributed by atoms with E-state index >= 15 is 0 Å². The molecule has 0 saturated carbocycles. The van der Waals surface area contributed by atoms with Crippen molar-refractivity contribution in [1.82, 2.24) is 0 Å². The van der Waals surface area contributed by atoms with Crippen LogP contribution in [0.4, 0.5) is 0 Å². The average Bonchev–Trinajstić information content (AvgIpc) is 2.33. The molecule has 4 nitrogen and oxygen atoms in total. The molecule has 1 unspecified atom stereocenters. The molecule has 0 fully saturated rings. The highest BCUT2D eigenvalue weighted by Crippen LogP contribution is 2.36. The lowest BCUT2D eigenvalue weighted by Gasteiger charge is -2.12. The van der Waals surface area contributed by atoms with Gasteiger partial charge in [0.05, 0.1) is 6.61 Å². The molecule has 0 aliphatic rings. The SMILES string of the molecule is CCCCCCCCCCCC(C)COP(=O)(O)O. The van der Waals surface area contributed by atoms with Gasteiger partial charge < -0.3 is 9.79 Å². The quantitative estimate of drug-likeness (QED) is 0.383. The van der Waals surface area contributed by atoms with Crippen LogP contribution in [0.2, 0.25) is 0 Å². The van der Waals surface area contributed by atoms with Crippen molar-refractivity contribution < 1.29 is 18.9 Å². The first-order valence-electron chi connectivity index (χ1n) is 7.65. The maximum absolute atomic E-state index is 10.5. The Bertz CT molecular complexity index is 240. The molecule has 0 radical (unpaired) electrons. The van der Waals surface area contributed by atoms with Gasteiger partial charge in [-0.2, -0.15) is 0 Å². The van der Waals surface area contributed by atoms with E-state index in [1.54, 1.807) is 0 Å². The first-order valence-corrected chi connectivity index (χ1v) is 9.19. The van der Waals surface area contributed by atoms with E-state index in [-0.39, 0.29) is 12.5 Å². The predicted octanol–water partition coefficient (Wildman–Crippen LogP) is 4.65. The Morgan fingerprint density at radius 3 is 1.89 bits per heavy atom. The van der Waals surface area contributed by atoms with Gasteiger partial charge in [0.2, 0.25) is 0 Å². The molecule has 5 heteroatoms. The Morgan fingerprint density at radius 1 is 0.947 bits per heavy atom. The van der Waals surface area contributed by atoms with E-state index in [1.165, 1.54) is 51.4 Å². The van der Waals surface area contributed by atoms with Crippen LogP contribution >= 0.6 is 7.82 Å². The number of hydrogen-bond donors (Lipinski definition) is 2. The summed E-state index contributed by atoms with van der Waals surface area (Å²) >= 11 is 0. The smallest absolute Gasteiger partial charge is 0.303 e. The summed E-state index contributed by atoms with van der Waals surface area (Å²) in [5.41, 5.74) is 0. The molecule has 1 atom stereocenters. The zero-order valence-corrected chi connectivity index (χ0v) is 13.4. The molecule has 0 aliphatic heterocycles. The van der Waals surface area contributed by atoms with Crippen molar-refractivity contribution in [2.75, 3.05) is 6.61 Å². The van der Waals surface area contributed by atoms with Crippen LogP contribution in [-0.4, -0.2) is 16.4 Å². The number of phosphoric ester groups is 1. The first-order chi connectivity index (χ1) is 8.95.